The maximum Gasteiger partial charge on any atom is 0.270 e. The van der Waals surface area contributed by atoms with Crippen molar-refractivity contribution in [1.82, 2.24) is 9.36 Å². The monoisotopic (exact) mass is 260 g/mol. The van der Waals surface area contributed by atoms with Crippen molar-refractivity contribution in [1.29, 1.82) is 0 Å². The quantitative estimate of drug-likeness (QED) is 0.615. The first-order valence-corrected chi connectivity index (χ1v) is 5.94. The van der Waals surface area contributed by atoms with Crippen molar-refractivity contribution in [3.8, 4) is 0 Å². The molecule has 1 aromatic heterocycles. The van der Waals surface area contributed by atoms with Crippen LogP contribution in [0, 0.1) is 6.92 Å². The Morgan fingerprint density at radius 1 is 1.28 bits per heavy atom. The molecular weight excluding hydrogens is 252 g/mol. The number of rotatable bonds is 1. The number of benzene rings is 1. The Kier molecular flexibility index (Phi) is 2.17. The van der Waals surface area contributed by atoms with Crippen molar-refractivity contribution in [3.05, 3.63) is 35.2 Å². The zero-order valence-corrected chi connectivity index (χ0v) is 10.2. The minimum absolute atomic E-state index is 0.246. The number of nitrogen functional groups attached to an aromatic ring is 1. The minimum atomic E-state index is -0.441. The maximum absolute atomic E-state index is 12.2. The number of nitrogens with zero attached hydrogens (tertiary/aromatic N) is 3. The van der Waals surface area contributed by atoms with Gasteiger partial charge in [0.15, 0.2) is 0 Å². The molecule has 2 N–H and O–H groups in total. The molecule has 7 heteroatoms. The normalized spacial score (nSPS) is 14.2. The lowest BCUT2D eigenvalue weighted by Crippen LogP contribution is -2.29. The predicted molar refractivity (Wildman–Crippen MR) is 66.6 cm³/mol. The van der Waals surface area contributed by atoms with Gasteiger partial charge in [0.25, 0.3) is 11.8 Å². The van der Waals surface area contributed by atoms with Crippen LogP contribution >= 0.6 is 11.5 Å². The number of aryl methyl sites for hydroxylation is 1. The van der Waals surface area contributed by atoms with E-state index < -0.39 is 11.8 Å². The van der Waals surface area contributed by atoms with Crippen molar-refractivity contribution in [2.45, 2.75) is 6.92 Å². The Morgan fingerprint density at radius 2 is 2.06 bits per heavy atom. The van der Waals surface area contributed by atoms with Gasteiger partial charge in [0.05, 0.1) is 11.1 Å². The van der Waals surface area contributed by atoms with Crippen LogP contribution in [0.2, 0.25) is 0 Å². The molecule has 90 valence electrons. The molecule has 0 radical (unpaired) electrons. The van der Waals surface area contributed by atoms with Crippen molar-refractivity contribution in [2.24, 2.45) is 0 Å². The summed E-state index contributed by atoms with van der Waals surface area (Å²) in [4.78, 5) is 29.4. The van der Waals surface area contributed by atoms with Crippen molar-refractivity contribution < 1.29 is 9.59 Å². The standard InChI is InChI=1S/C11H8N4O2S/c1-5-13-11(18-14-5)15-9(16)6-3-2-4-7(12)8(6)10(15)17/h2-4H,12H2,1H3. The second-order valence-electron chi connectivity index (χ2n) is 3.84. The van der Waals surface area contributed by atoms with E-state index in [0.29, 0.717) is 17.1 Å². The van der Waals surface area contributed by atoms with Gasteiger partial charge in [-0.25, -0.2) is 9.88 Å². The third-order valence-electron chi connectivity index (χ3n) is 2.66. The molecule has 3 rings (SSSR count). The molecule has 6 nitrogen and oxygen atoms in total. The predicted octanol–water partition coefficient (Wildman–Crippen LogP) is 1.23. The van der Waals surface area contributed by atoms with Gasteiger partial charge in [-0.3, -0.25) is 9.59 Å². The van der Waals surface area contributed by atoms with Gasteiger partial charge in [-0.2, -0.15) is 4.37 Å². The number of carbonyl (C=O) groups is 2. The summed E-state index contributed by atoms with van der Waals surface area (Å²) in [7, 11) is 0. The van der Waals surface area contributed by atoms with Crippen LogP contribution in [0.5, 0.6) is 0 Å². The van der Waals surface area contributed by atoms with Crippen molar-refractivity contribution >= 4 is 34.2 Å². The Bertz CT molecular complexity index is 679. The molecular formula is C11H8N4O2S. The fourth-order valence-electron chi connectivity index (χ4n) is 1.86. The summed E-state index contributed by atoms with van der Waals surface area (Å²) in [5.41, 5.74) is 6.60. The average molecular weight is 260 g/mol. The molecule has 1 aliphatic heterocycles. The molecule has 0 fully saturated rings. The number of carbonyl (C=O) groups excluding carboxylic acids is 2. The fraction of sp³-hybridized carbons (Fsp3) is 0.0909. The summed E-state index contributed by atoms with van der Waals surface area (Å²) in [5, 5.41) is 0.276. The third kappa shape index (κ3) is 1.34. The molecule has 0 bridgehead atoms. The van der Waals surface area contributed by atoms with Crippen LogP contribution < -0.4 is 10.6 Å². The highest BCUT2D eigenvalue weighted by Gasteiger charge is 2.39. The number of aromatic nitrogens is 2. The molecule has 0 spiro atoms. The highest BCUT2D eigenvalue weighted by molar-refractivity contribution is 7.10. The Balaban J connectivity index is 2.16. The van der Waals surface area contributed by atoms with Crippen LogP contribution in [0.1, 0.15) is 26.5 Å². The molecule has 2 aromatic rings. The molecule has 2 heterocycles. The number of fused-ring (bicyclic) bond motifs is 1. The molecule has 0 saturated carbocycles. The zero-order chi connectivity index (χ0) is 12.9. The summed E-state index contributed by atoms with van der Waals surface area (Å²) in [6.07, 6.45) is 0. The van der Waals surface area contributed by atoms with Crippen molar-refractivity contribution in [2.75, 3.05) is 10.6 Å². The van der Waals surface area contributed by atoms with Crippen LogP contribution in [0.25, 0.3) is 0 Å². The largest absolute Gasteiger partial charge is 0.398 e. The van der Waals surface area contributed by atoms with Crippen LogP contribution in [0.4, 0.5) is 10.8 Å². The molecule has 1 aliphatic rings. The summed E-state index contributed by atoms with van der Waals surface area (Å²) < 4.78 is 3.97. The Labute approximate surface area is 106 Å². The maximum atomic E-state index is 12.2. The number of hydrogen-bond acceptors (Lipinski definition) is 6. The minimum Gasteiger partial charge on any atom is -0.398 e. The summed E-state index contributed by atoms with van der Waals surface area (Å²) >= 11 is 1.01. The highest BCUT2D eigenvalue weighted by Crippen LogP contribution is 2.32. The van der Waals surface area contributed by atoms with Gasteiger partial charge in [0.1, 0.15) is 5.82 Å². The van der Waals surface area contributed by atoms with E-state index in [9.17, 15) is 9.59 Å². The van der Waals surface area contributed by atoms with Gasteiger partial charge in [-0.1, -0.05) is 6.07 Å². The smallest absolute Gasteiger partial charge is 0.270 e. The average Bonchev–Trinajstić information content (AvgIpc) is 2.84. The van der Waals surface area contributed by atoms with E-state index >= 15 is 0 Å². The highest BCUT2D eigenvalue weighted by atomic mass is 32.1. The Hall–Kier alpha value is -2.28. The third-order valence-corrected chi connectivity index (χ3v) is 3.45. The number of anilines is 2. The summed E-state index contributed by atoms with van der Waals surface area (Å²) in [5.74, 6) is -0.317. The van der Waals surface area contributed by atoms with E-state index in [2.05, 4.69) is 9.36 Å². The lowest BCUT2D eigenvalue weighted by atomic mass is 10.1. The molecule has 0 aliphatic carbocycles. The van der Waals surface area contributed by atoms with Crippen LogP contribution in [0.15, 0.2) is 18.2 Å². The first kappa shape index (κ1) is 10.8. The molecule has 18 heavy (non-hydrogen) atoms. The van der Waals surface area contributed by atoms with Crippen LogP contribution in [0.3, 0.4) is 0 Å². The lowest BCUT2D eigenvalue weighted by Gasteiger charge is -2.07. The van der Waals surface area contributed by atoms with E-state index in [1.807, 2.05) is 0 Å². The SMILES string of the molecule is Cc1nsc(N2C(=O)c3cccc(N)c3C2=O)n1. The van der Waals surface area contributed by atoms with Crippen molar-refractivity contribution in [3.63, 3.8) is 0 Å². The lowest BCUT2D eigenvalue weighted by molar-refractivity contribution is 0.0926. The molecule has 2 amide bonds. The fourth-order valence-corrected chi connectivity index (χ4v) is 2.54. The van der Waals surface area contributed by atoms with E-state index in [0.717, 1.165) is 16.4 Å². The summed E-state index contributed by atoms with van der Waals surface area (Å²) in [6.45, 7) is 1.70. The van der Waals surface area contributed by atoms with Crippen LogP contribution in [-0.4, -0.2) is 21.2 Å². The summed E-state index contributed by atoms with van der Waals surface area (Å²) in [6, 6.07) is 4.83. The molecule has 0 atom stereocenters. The zero-order valence-electron chi connectivity index (χ0n) is 9.38. The second kappa shape index (κ2) is 3.61. The van der Waals surface area contributed by atoms with Gasteiger partial charge in [0.2, 0.25) is 5.13 Å². The van der Waals surface area contributed by atoms with Gasteiger partial charge in [0, 0.05) is 17.2 Å². The number of hydrogen-bond donors (Lipinski definition) is 1. The van der Waals surface area contributed by atoms with Gasteiger partial charge in [-0.05, 0) is 19.1 Å². The van der Waals surface area contributed by atoms with Gasteiger partial charge >= 0.3 is 0 Å². The van der Waals surface area contributed by atoms with E-state index in [4.69, 9.17) is 5.73 Å². The van der Waals surface area contributed by atoms with Gasteiger partial charge in [-0.15, -0.1) is 0 Å². The van der Waals surface area contributed by atoms with Crippen LogP contribution in [-0.2, 0) is 0 Å². The molecule has 0 unspecified atom stereocenters. The second-order valence-corrected chi connectivity index (χ2v) is 4.57. The molecule has 1 aromatic carbocycles. The number of nitrogens with two attached hydrogens (primary N) is 1. The van der Waals surface area contributed by atoms with Gasteiger partial charge < -0.3 is 5.73 Å². The van der Waals surface area contributed by atoms with E-state index in [1.165, 1.54) is 0 Å². The molecule has 0 saturated heterocycles. The Morgan fingerprint density at radius 3 is 2.67 bits per heavy atom. The topological polar surface area (TPSA) is 89.2 Å². The first-order chi connectivity index (χ1) is 8.59. The van der Waals surface area contributed by atoms with E-state index in [1.54, 1.807) is 25.1 Å². The first-order valence-electron chi connectivity index (χ1n) is 5.17. The number of amides is 2. The number of imide groups is 1. The van der Waals surface area contributed by atoms with E-state index in [-0.39, 0.29) is 10.7 Å².